The SMILES string of the molecule is Cc1nc2c(C#N)ncn(OCc3ccccc3)c-2n1. The van der Waals surface area contributed by atoms with Crippen LogP contribution in [0, 0.1) is 18.3 Å². The first-order valence-electron chi connectivity index (χ1n) is 6.07. The van der Waals surface area contributed by atoms with E-state index in [9.17, 15) is 0 Å². The molecule has 1 aromatic carbocycles. The number of imidazole rings is 1. The normalized spacial score (nSPS) is 10.4. The van der Waals surface area contributed by atoms with Gasteiger partial charge in [-0.15, -0.1) is 0 Å². The number of hydrogen-bond donors (Lipinski definition) is 0. The summed E-state index contributed by atoms with van der Waals surface area (Å²) in [5.74, 6) is 1.09. The summed E-state index contributed by atoms with van der Waals surface area (Å²) < 4.78 is 1.45. The van der Waals surface area contributed by atoms with Gasteiger partial charge in [0, 0.05) is 0 Å². The molecule has 2 aliphatic rings. The Morgan fingerprint density at radius 2 is 2.05 bits per heavy atom. The molecule has 2 heterocycles. The molecule has 0 radical (unpaired) electrons. The lowest BCUT2D eigenvalue weighted by atomic mass is 10.2. The fourth-order valence-electron chi connectivity index (χ4n) is 1.88. The van der Waals surface area contributed by atoms with E-state index in [1.807, 2.05) is 36.4 Å². The van der Waals surface area contributed by atoms with Crippen LogP contribution in [0.3, 0.4) is 0 Å². The summed E-state index contributed by atoms with van der Waals surface area (Å²) in [5.41, 5.74) is 1.74. The number of aryl methyl sites for hydroxylation is 1. The topological polar surface area (TPSA) is 76.6 Å². The van der Waals surface area contributed by atoms with Crippen LogP contribution in [0.15, 0.2) is 36.7 Å². The van der Waals surface area contributed by atoms with Crippen molar-refractivity contribution in [2.75, 3.05) is 0 Å². The second kappa shape index (κ2) is 4.97. The molecule has 0 N–H and O–H groups in total. The number of fused-ring (bicyclic) bond motifs is 1. The highest BCUT2D eigenvalue weighted by Crippen LogP contribution is 2.20. The minimum absolute atomic E-state index is 0.250. The van der Waals surface area contributed by atoms with Gasteiger partial charge in [-0.3, -0.25) is 0 Å². The Hall–Kier alpha value is -2.94. The molecule has 0 amide bonds. The smallest absolute Gasteiger partial charge is 0.200 e. The molecule has 20 heavy (non-hydrogen) atoms. The van der Waals surface area contributed by atoms with E-state index in [2.05, 4.69) is 15.0 Å². The van der Waals surface area contributed by atoms with Crippen LogP contribution < -0.4 is 4.84 Å². The van der Waals surface area contributed by atoms with E-state index in [1.165, 1.54) is 11.1 Å². The van der Waals surface area contributed by atoms with Crippen LogP contribution in [-0.4, -0.2) is 19.7 Å². The van der Waals surface area contributed by atoms with Gasteiger partial charge in [0.2, 0.25) is 5.82 Å². The highest BCUT2D eigenvalue weighted by Gasteiger charge is 2.19. The van der Waals surface area contributed by atoms with Gasteiger partial charge in [0.1, 0.15) is 30.5 Å². The summed E-state index contributed by atoms with van der Waals surface area (Å²) >= 11 is 0. The lowest BCUT2D eigenvalue weighted by Crippen LogP contribution is -2.16. The predicted octanol–water partition coefficient (Wildman–Crippen LogP) is 1.59. The number of hydrogen-bond acceptors (Lipinski definition) is 5. The van der Waals surface area contributed by atoms with Crippen LogP contribution in [0.4, 0.5) is 0 Å². The summed E-state index contributed by atoms with van der Waals surface area (Å²) in [6.45, 7) is 2.16. The summed E-state index contributed by atoms with van der Waals surface area (Å²) in [5, 5.41) is 9.01. The minimum atomic E-state index is 0.250. The van der Waals surface area contributed by atoms with Gasteiger partial charge in [-0.25, -0.2) is 15.0 Å². The zero-order chi connectivity index (χ0) is 13.9. The second-order valence-electron chi connectivity index (χ2n) is 4.23. The van der Waals surface area contributed by atoms with E-state index in [4.69, 9.17) is 10.1 Å². The van der Waals surface area contributed by atoms with Crippen molar-refractivity contribution in [1.29, 1.82) is 5.26 Å². The molecular formula is C14H11N5O. The lowest BCUT2D eigenvalue weighted by Gasteiger charge is -2.11. The van der Waals surface area contributed by atoms with Crippen LogP contribution in [0.1, 0.15) is 17.1 Å². The van der Waals surface area contributed by atoms with Crippen molar-refractivity contribution in [2.24, 2.45) is 0 Å². The average molecular weight is 265 g/mol. The maximum absolute atomic E-state index is 9.01. The van der Waals surface area contributed by atoms with Crippen molar-refractivity contribution in [3.8, 4) is 17.6 Å². The molecule has 0 spiro atoms. The van der Waals surface area contributed by atoms with Gasteiger partial charge in [-0.1, -0.05) is 30.3 Å². The van der Waals surface area contributed by atoms with Gasteiger partial charge < -0.3 is 4.84 Å². The zero-order valence-corrected chi connectivity index (χ0v) is 10.8. The number of aromatic nitrogens is 4. The molecule has 2 aliphatic heterocycles. The van der Waals surface area contributed by atoms with E-state index >= 15 is 0 Å². The Morgan fingerprint density at radius 1 is 1.25 bits per heavy atom. The monoisotopic (exact) mass is 265 g/mol. The van der Waals surface area contributed by atoms with Crippen LogP contribution >= 0.6 is 0 Å². The third-order valence-electron chi connectivity index (χ3n) is 2.80. The largest absolute Gasteiger partial charge is 0.406 e. The van der Waals surface area contributed by atoms with Crippen LogP contribution in [0.5, 0.6) is 0 Å². The molecule has 6 heteroatoms. The average Bonchev–Trinajstić information content (AvgIpc) is 2.87. The Labute approximate surface area is 115 Å². The number of rotatable bonds is 3. The molecule has 0 unspecified atom stereocenters. The quantitative estimate of drug-likeness (QED) is 0.718. The van der Waals surface area contributed by atoms with E-state index < -0.39 is 0 Å². The van der Waals surface area contributed by atoms with E-state index in [0.29, 0.717) is 23.9 Å². The highest BCUT2D eigenvalue weighted by molar-refractivity contribution is 5.58. The van der Waals surface area contributed by atoms with Crippen molar-refractivity contribution in [3.63, 3.8) is 0 Å². The van der Waals surface area contributed by atoms with E-state index in [0.717, 1.165) is 5.56 Å². The van der Waals surface area contributed by atoms with E-state index in [-0.39, 0.29) is 5.69 Å². The summed E-state index contributed by atoms with van der Waals surface area (Å²) in [7, 11) is 0. The molecule has 1 aromatic rings. The molecule has 0 aliphatic carbocycles. The Morgan fingerprint density at radius 3 is 2.80 bits per heavy atom. The molecular weight excluding hydrogens is 254 g/mol. The molecule has 3 rings (SSSR count). The highest BCUT2D eigenvalue weighted by atomic mass is 16.7. The predicted molar refractivity (Wildman–Crippen MR) is 70.6 cm³/mol. The van der Waals surface area contributed by atoms with Crippen LogP contribution in [0.2, 0.25) is 0 Å². The molecule has 0 aromatic heterocycles. The van der Waals surface area contributed by atoms with Gasteiger partial charge in [-0.05, 0) is 12.5 Å². The van der Waals surface area contributed by atoms with E-state index in [1.54, 1.807) is 6.92 Å². The van der Waals surface area contributed by atoms with Crippen molar-refractivity contribution >= 4 is 0 Å². The van der Waals surface area contributed by atoms with Gasteiger partial charge in [0.25, 0.3) is 0 Å². The van der Waals surface area contributed by atoms with Gasteiger partial charge in [-0.2, -0.15) is 9.99 Å². The first kappa shape index (κ1) is 12.1. The zero-order valence-electron chi connectivity index (χ0n) is 10.8. The van der Waals surface area contributed by atoms with Gasteiger partial charge in [0.05, 0.1) is 0 Å². The molecule has 0 fully saturated rings. The third-order valence-corrected chi connectivity index (χ3v) is 2.80. The fourth-order valence-corrected chi connectivity index (χ4v) is 1.88. The van der Waals surface area contributed by atoms with Crippen molar-refractivity contribution in [2.45, 2.75) is 13.5 Å². The summed E-state index contributed by atoms with van der Waals surface area (Å²) in [6, 6.07) is 11.8. The van der Waals surface area contributed by atoms with Crippen molar-refractivity contribution in [1.82, 2.24) is 19.7 Å². The molecule has 0 atom stereocenters. The van der Waals surface area contributed by atoms with Crippen molar-refractivity contribution in [3.05, 3.63) is 53.7 Å². The summed E-state index contributed by atoms with van der Waals surface area (Å²) in [4.78, 5) is 18.2. The Balaban J connectivity index is 1.91. The standard InChI is InChI=1S/C14H11N5O/c1-10-17-13-12(7-15)16-9-19(14(13)18-10)20-8-11-5-3-2-4-6-11/h2-6,9H,8H2,1H3. The second-order valence-corrected chi connectivity index (χ2v) is 4.23. The molecule has 0 saturated carbocycles. The molecule has 98 valence electrons. The van der Waals surface area contributed by atoms with Crippen LogP contribution in [0.25, 0.3) is 11.5 Å². The first-order valence-corrected chi connectivity index (χ1v) is 6.07. The maximum Gasteiger partial charge on any atom is 0.200 e. The van der Waals surface area contributed by atoms with Crippen LogP contribution in [-0.2, 0) is 6.61 Å². The van der Waals surface area contributed by atoms with Gasteiger partial charge >= 0.3 is 0 Å². The molecule has 0 saturated heterocycles. The number of nitrogens with zero attached hydrogens (tertiary/aromatic N) is 5. The first-order chi connectivity index (χ1) is 9.78. The molecule has 0 bridgehead atoms. The Kier molecular flexibility index (Phi) is 3.01. The fraction of sp³-hybridized carbons (Fsp3) is 0.143. The summed E-state index contributed by atoms with van der Waals surface area (Å²) in [6.07, 6.45) is 1.44. The third kappa shape index (κ3) is 2.17. The maximum atomic E-state index is 9.01. The molecule has 6 nitrogen and oxygen atoms in total. The Bertz CT molecular complexity index is 744. The minimum Gasteiger partial charge on any atom is -0.406 e. The van der Waals surface area contributed by atoms with Gasteiger partial charge in [0.15, 0.2) is 5.69 Å². The lowest BCUT2D eigenvalue weighted by molar-refractivity contribution is 0.0953. The van der Waals surface area contributed by atoms with Crippen molar-refractivity contribution < 1.29 is 4.84 Å². The number of nitriles is 1. The number of benzene rings is 1.